The number of benzene rings is 2. The molecule has 1 atom stereocenters. The Morgan fingerprint density at radius 1 is 1.31 bits per heavy atom. The van der Waals surface area contributed by atoms with E-state index in [2.05, 4.69) is 10.1 Å². The van der Waals surface area contributed by atoms with Crippen LogP contribution in [0.25, 0.3) is 10.9 Å². The van der Waals surface area contributed by atoms with E-state index in [0.29, 0.717) is 10.2 Å². The van der Waals surface area contributed by atoms with Crippen molar-refractivity contribution in [1.82, 2.24) is 9.66 Å². The molecular formula is C19H16ClN3O6. The fourth-order valence-electron chi connectivity index (χ4n) is 2.57. The summed E-state index contributed by atoms with van der Waals surface area (Å²) in [4.78, 5) is 38.6. The number of methoxy groups -OCH3 is 1. The Bertz CT molecular complexity index is 1230. The summed E-state index contributed by atoms with van der Waals surface area (Å²) in [6, 6.07) is 9.40. The summed E-state index contributed by atoms with van der Waals surface area (Å²) in [6.45, 7) is 1.34. The molecule has 3 rings (SSSR count). The Labute approximate surface area is 168 Å². The number of H-pyrrole nitrogens is 1. The number of aliphatic carboxylic acids is 1. The molecule has 1 aromatic heterocycles. The number of hydrogen-bond donors (Lipinski definition) is 2. The zero-order valence-electron chi connectivity index (χ0n) is 15.4. The SMILES string of the molecule is COc1cc(Cl)cc(C=Nn2c(=O)[nH]c3ccccc3c2=O)c1OC(C)C(=O)O. The van der Waals surface area contributed by atoms with Crippen molar-refractivity contribution in [1.29, 1.82) is 0 Å². The van der Waals surface area contributed by atoms with Crippen molar-refractivity contribution in [3.8, 4) is 11.5 Å². The zero-order chi connectivity index (χ0) is 21.1. The summed E-state index contributed by atoms with van der Waals surface area (Å²) in [5, 5.41) is 13.6. The van der Waals surface area contributed by atoms with Crippen LogP contribution in [0, 0.1) is 0 Å². The van der Waals surface area contributed by atoms with E-state index in [9.17, 15) is 14.4 Å². The second-order valence-electron chi connectivity index (χ2n) is 5.96. The molecule has 0 bridgehead atoms. The first kappa shape index (κ1) is 20.2. The first-order chi connectivity index (χ1) is 13.8. The number of halogens is 1. The molecule has 10 heteroatoms. The molecule has 0 aliphatic carbocycles. The average Bonchev–Trinajstić information content (AvgIpc) is 2.69. The van der Waals surface area contributed by atoms with E-state index in [1.54, 1.807) is 24.3 Å². The minimum Gasteiger partial charge on any atom is -0.493 e. The molecule has 0 spiro atoms. The molecule has 0 aliphatic heterocycles. The molecule has 3 aromatic rings. The van der Waals surface area contributed by atoms with E-state index < -0.39 is 23.3 Å². The normalized spacial score (nSPS) is 12.2. The fraction of sp³-hybridized carbons (Fsp3) is 0.158. The minimum atomic E-state index is -1.19. The van der Waals surface area contributed by atoms with Gasteiger partial charge in [0.05, 0.1) is 24.2 Å². The summed E-state index contributed by atoms with van der Waals surface area (Å²) in [6.07, 6.45) is -0.0204. The van der Waals surface area contributed by atoms with Crippen LogP contribution in [0.4, 0.5) is 0 Å². The predicted octanol–water partition coefficient (Wildman–Crippen LogP) is 2.09. The van der Waals surface area contributed by atoms with Crippen LogP contribution in [0.2, 0.25) is 5.02 Å². The lowest BCUT2D eigenvalue weighted by molar-refractivity contribution is -0.144. The fourth-order valence-corrected chi connectivity index (χ4v) is 2.78. The number of hydrogen-bond acceptors (Lipinski definition) is 6. The number of carboxylic acid groups (broad SMARTS) is 1. The van der Waals surface area contributed by atoms with Crippen LogP contribution in [-0.2, 0) is 4.79 Å². The molecule has 0 amide bonds. The highest BCUT2D eigenvalue weighted by atomic mass is 35.5. The molecule has 0 aliphatic rings. The first-order valence-corrected chi connectivity index (χ1v) is 8.75. The van der Waals surface area contributed by atoms with Gasteiger partial charge in [0, 0.05) is 16.7 Å². The Morgan fingerprint density at radius 3 is 2.72 bits per heavy atom. The summed E-state index contributed by atoms with van der Waals surface area (Å²) in [7, 11) is 1.36. The maximum Gasteiger partial charge on any atom is 0.349 e. The second-order valence-corrected chi connectivity index (χ2v) is 6.40. The van der Waals surface area contributed by atoms with Crippen molar-refractivity contribution >= 4 is 34.7 Å². The Kier molecular flexibility index (Phi) is 5.69. The third-order valence-corrected chi connectivity index (χ3v) is 4.22. The van der Waals surface area contributed by atoms with Gasteiger partial charge in [0.25, 0.3) is 5.56 Å². The zero-order valence-corrected chi connectivity index (χ0v) is 16.1. The van der Waals surface area contributed by atoms with Gasteiger partial charge in [-0.15, -0.1) is 4.68 Å². The van der Waals surface area contributed by atoms with E-state index >= 15 is 0 Å². The van der Waals surface area contributed by atoms with Gasteiger partial charge in [-0.05, 0) is 25.1 Å². The molecule has 29 heavy (non-hydrogen) atoms. The van der Waals surface area contributed by atoms with Gasteiger partial charge in [0.15, 0.2) is 17.6 Å². The van der Waals surface area contributed by atoms with E-state index in [4.69, 9.17) is 26.2 Å². The predicted molar refractivity (Wildman–Crippen MR) is 108 cm³/mol. The highest BCUT2D eigenvalue weighted by molar-refractivity contribution is 6.31. The largest absolute Gasteiger partial charge is 0.493 e. The van der Waals surface area contributed by atoms with Crippen LogP contribution in [-0.4, -0.2) is 40.2 Å². The second kappa shape index (κ2) is 8.19. The maximum atomic E-state index is 12.6. The van der Waals surface area contributed by atoms with Gasteiger partial charge in [-0.25, -0.2) is 9.59 Å². The van der Waals surface area contributed by atoms with Crippen LogP contribution >= 0.6 is 11.6 Å². The van der Waals surface area contributed by atoms with E-state index in [1.165, 1.54) is 32.4 Å². The molecule has 0 saturated heterocycles. The van der Waals surface area contributed by atoms with E-state index in [0.717, 1.165) is 0 Å². The summed E-state index contributed by atoms with van der Waals surface area (Å²) < 4.78 is 11.3. The number of carboxylic acids is 1. The van der Waals surface area contributed by atoms with Crippen molar-refractivity contribution in [3.05, 3.63) is 67.8 Å². The van der Waals surface area contributed by atoms with Gasteiger partial charge in [-0.1, -0.05) is 23.7 Å². The maximum absolute atomic E-state index is 12.6. The third kappa shape index (κ3) is 4.14. The molecule has 2 aromatic carbocycles. The molecule has 150 valence electrons. The quantitative estimate of drug-likeness (QED) is 0.592. The van der Waals surface area contributed by atoms with Gasteiger partial charge >= 0.3 is 11.7 Å². The van der Waals surface area contributed by atoms with Gasteiger partial charge in [-0.2, -0.15) is 5.10 Å². The molecule has 0 radical (unpaired) electrons. The highest BCUT2D eigenvalue weighted by Gasteiger charge is 2.19. The molecule has 0 fully saturated rings. The van der Waals surface area contributed by atoms with Gasteiger partial charge < -0.3 is 19.6 Å². The topological polar surface area (TPSA) is 123 Å². The van der Waals surface area contributed by atoms with Gasteiger partial charge in [0.2, 0.25) is 0 Å². The number of fused-ring (bicyclic) bond motifs is 1. The van der Waals surface area contributed by atoms with Crippen LogP contribution < -0.4 is 20.7 Å². The Morgan fingerprint density at radius 2 is 2.03 bits per heavy atom. The summed E-state index contributed by atoms with van der Waals surface area (Å²) in [5.41, 5.74) is -0.740. The number of nitrogens with zero attached hydrogens (tertiary/aromatic N) is 2. The van der Waals surface area contributed by atoms with Crippen molar-refractivity contribution in [2.75, 3.05) is 7.11 Å². The van der Waals surface area contributed by atoms with Crippen LogP contribution in [0.5, 0.6) is 11.5 Å². The molecule has 2 N–H and O–H groups in total. The van der Waals surface area contributed by atoms with Crippen LogP contribution in [0.3, 0.4) is 0 Å². The van der Waals surface area contributed by atoms with E-state index in [1.807, 2.05) is 0 Å². The first-order valence-electron chi connectivity index (χ1n) is 8.37. The third-order valence-electron chi connectivity index (χ3n) is 4.01. The summed E-state index contributed by atoms with van der Waals surface area (Å²) >= 11 is 6.07. The lowest BCUT2D eigenvalue weighted by atomic mass is 10.2. The molecule has 9 nitrogen and oxygen atoms in total. The Hall–Kier alpha value is -3.59. The molecular weight excluding hydrogens is 402 g/mol. The van der Waals surface area contributed by atoms with Crippen molar-refractivity contribution in [2.24, 2.45) is 5.10 Å². The van der Waals surface area contributed by atoms with Crippen LogP contribution in [0.1, 0.15) is 12.5 Å². The monoisotopic (exact) mass is 417 g/mol. The van der Waals surface area contributed by atoms with Crippen molar-refractivity contribution in [2.45, 2.75) is 13.0 Å². The number of carbonyl (C=O) groups is 1. The van der Waals surface area contributed by atoms with E-state index in [-0.39, 0.29) is 27.5 Å². The smallest absolute Gasteiger partial charge is 0.349 e. The number of ether oxygens (including phenoxy) is 2. The number of rotatable bonds is 6. The van der Waals surface area contributed by atoms with Gasteiger partial charge in [0.1, 0.15) is 0 Å². The number of aromatic nitrogens is 2. The van der Waals surface area contributed by atoms with Gasteiger partial charge in [-0.3, -0.25) is 4.79 Å². The van der Waals surface area contributed by atoms with Crippen molar-refractivity contribution in [3.63, 3.8) is 0 Å². The molecule has 1 unspecified atom stereocenters. The lowest BCUT2D eigenvalue weighted by Crippen LogP contribution is -2.32. The van der Waals surface area contributed by atoms with Crippen molar-refractivity contribution < 1.29 is 19.4 Å². The number of aromatic amines is 1. The lowest BCUT2D eigenvalue weighted by Gasteiger charge is -2.16. The summed E-state index contributed by atoms with van der Waals surface area (Å²) in [5.74, 6) is -0.959. The number of nitrogens with one attached hydrogen (secondary N) is 1. The minimum absolute atomic E-state index is 0.0563. The number of para-hydroxylation sites is 1. The standard InChI is InChI=1S/C19H16ClN3O6/c1-10(18(25)26)29-16-11(7-12(20)8-15(16)28-2)9-21-23-17(24)13-5-3-4-6-14(13)22-19(23)27/h3-10H,1-2H3,(H,22,27)(H,25,26). The Balaban J connectivity index is 2.13. The molecule has 1 heterocycles. The highest BCUT2D eigenvalue weighted by Crippen LogP contribution is 2.34. The van der Waals surface area contributed by atoms with Crippen LogP contribution in [0.15, 0.2) is 51.1 Å². The average molecular weight is 418 g/mol. The molecule has 0 saturated carbocycles.